The second-order valence-corrected chi connectivity index (χ2v) is 5.44. The number of hydrogen-bond donors (Lipinski definition) is 1. The first-order valence-electron chi connectivity index (χ1n) is 7.17. The molecule has 1 aromatic rings. The molecule has 0 aromatic carbocycles. The van der Waals surface area contributed by atoms with Crippen LogP contribution in [0.15, 0.2) is 21.9 Å². The van der Waals surface area contributed by atoms with Crippen LogP contribution in [0.4, 0.5) is 4.39 Å². The van der Waals surface area contributed by atoms with Gasteiger partial charge in [0.2, 0.25) is 0 Å². The van der Waals surface area contributed by atoms with Gasteiger partial charge in [0, 0.05) is 18.7 Å². The number of hydrogen-bond acceptors (Lipinski definition) is 5. The van der Waals surface area contributed by atoms with E-state index >= 15 is 0 Å². The summed E-state index contributed by atoms with van der Waals surface area (Å²) in [6.07, 6.45) is 0.509. The number of alkyl halides is 1. The first-order valence-corrected chi connectivity index (χ1v) is 7.17. The number of H-pyrrole nitrogens is 1. The Hall–Kier alpha value is -1.96. The molecule has 3 unspecified atom stereocenters. The fourth-order valence-electron chi connectivity index (χ4n) is 2.32. The normalized spacial score (nSPS) is 27.8. The van der Waals surface area contributed by atoms with Crippen molar-refractivity contribution in [2.45, 2.75) is 51.1 Å². The van der Waals surface area contributed by atoms with E-state index in [9.17, 15) is 18.8 Å². The number of aromatic nitrogens is 2. The van der Waals surface area contributed by atoms with Crippen molar-refractivity contribution in [2.24, 2.45) is 0 Å². The van der Waals surface area contributed by atoms with E-state index in [1.54, 1.807) is 0 Å². The van der Waals surface area contributed by atoms with Crippen LogP contribution in [0.2, 0.25) is 0 Å². The van der Waals surface area contributed by atoms with Crippen molar-refractivity contribution >= 4 is 5.97 Å². The molecule has 1 aliphatic rings. The lowest BCUT2D eigenvalue weighted by atomic mass is 10.0. The van der Waals surface area contributed by atoms with Crippen LogP contribution in [-0.4, -0.2) is 33.9 Å². The molecule has 0 radical (unpaired) electrons. The topological polar surface area (TPSA) is 90.4 Å². The fourth-order valence-corrected chi connectivity index (χ4v) is 2.32. The van der Waals surface area contributed by atoms with Crippen molar-refractivity contribution in [2.75, 3.05) is 6.61 Å². The van der Waals surface area contributed by atoms with Crippen LogP contribution in [0.25, 0.3) is 0 Å². The molecule has 2 rings (SSSR count). The Balaban J connectivity index is 2.15. The van der Waals surface area contributed by atoms with Crippen molar-refractivity contribution in [3.8, 4) is 0 Å². The van der Waals surface area contributed by atoms with E-state index in [0.717, 1.165) is 23.3 Å². The molecule has 0 bridgehead atoms. The summed E-state index contributed by atoms with van der Waals surface area (Å²) in [6.45, 7) is 2.99. The first-order chi connectivity index (χ1) is 10.4. The van der Waals surface area contributed by atoms with Gasteiger partial charge >= 0.3 is 11.7 Å². The lowest BCUT2D eigenvalue weighted by Gasteiger charge is -2.26. The number of nitrogens with zero attached hydrogens (tertiary/aromatic N) is 1. The van der Waals surface area contributed by atoms with Crippen molar-refractivity contribution in [3.63, 3.8) is 0 Å². The summed E-state index contributed by atoms with van der Waals surface area (Å²) >= 11 is 0. The van der Waals surface area contributed by atoms with E-state index in [1.807, 2.05) is 11.9 Å². The lowest BCUT2D eigenvalue weighted by Crippen LogP contribution is -2.44. The summed E-state index contributed by atoms with van der Waals surface area (Å²) in [4.78, 5) is 36.5. The highest BCUT2D eigenvalue weighted by Crippen LogP contribution is 2.38. The molecule has 22 heavy (non-hydrogen) atoms. The number of carbonyl (C=O) groups is 1. The van der Waals surface area contributed by atoms with Crippen LogP contribution in [0.5, 0.6) is 0 Å². The van der Waals surface area contributed by atoms with Crippen LogP contribution < -0.4 is 11.2 Å². The van der Waals surface area contributed by atoms with Gasteiger partial charge in [-0.25, -0.2) is 9.18 Å². The Morgan fingerprint density at radius 2 is 2.32 bits per heavy atom. The number of esters is 1. The highest BCUT2D eigenvalue weighted by atomic mass is 19.1. The zero-order valence-corrected chi connectivity index (χ0v) is 12.5. The smallest absolute Gasteiger partial charge is 0.330 e. The van der Waals surface area contributed by atoms with E-state index in [2.05, 4.69) is 0 Å². The van der Waals surface area contributed by atoms with Gasteiger partial charge in [0.15, 0.2) is 18.0 Å². The van der Waals surface area contributed by atoms with Crippen molar-refractivity contribution in [1.82, 2.24) is 9.55 Å². The van der Waals surface area contributed by atoms with E-state index in [4.69, 9.17) is 9.47 Å². The summed E-state index contributed by atoms with van der Waals surface area (Å²) in [5, 5.41) is 0. The number of ether oxygens (including phenoxy) is 2. The predicted molar refractivity (Wildman–Crippen MR) is 75.2 cm³/mol. The third kappa shape index (κ3) is 3.27. The largest absolute Gasteiger partial charge is 0.456 e. The van der Waals surface area contributed by atoms with Gasteiger partial charge in [-0.1, -0.05) is 13.3 Å². The molecule has 1 N–H and O–H groups in total. The van der Waals surface area contributed by atoms with Crippen molar-refractivity contribution < 1.29 is 18.7 Å². The Kier molecular flexibility index (Phi) is 4.80. The molecule has 0 aliphatic carbocycles. The van der Waals surface area contributed by atoms with Gasteiger partial charge < -0.3 is 9.47 Å². The van der Waals surface area contributed by atoms with Gasteiger partial charge in [0.05, 0.1) is 6.61 Å². The van der Waals surface area contributed by atoms with E-state index in [-0.39, 0.29) is 13.0 Å². The molecule has 7 nitrogen and oxygen atoms in total. The van der Waals surface area contributed by atoms with Gasteiger partial charge in [0.25, 0.3) is 5.56 Å². The Labute approximate surface area is 126 Å². The summed E-state index contributed by atoms with van der Waals surface area (Å²) < 4.78 is 26.3. The molecule has 1 saturated heterocycles. The van der Waals surface area contributed by atoms with E-state index in [0.29, 0.717) is 6.42 Å². The highest BCUT2D eigenvalue weighted by Gasteiger charge is 2.52. The number of nitrogens with one attached hydrogen (secondary N) is 1. The van der Waals surface area contributed by atoms with E-state index in [1.165, 1.54) is 6.92 Å². The SMILES string of the molecule is CCCCC(=O)OC1COC(n2ccc(=O)[nH]c2=O)C1(C)F. The summed E-state index contributed by atoms with van der Waals surface area (Å²) in [5.74, 6) is -0.492. The van der Waals surface area contributed by atoms with Crippen LogP contribution in [0.1, 0.15) is 39.3 Å². The standard InChI is InChI=1S/C14H19FN2O5/c1-3-4-5-11(19)22-9-8-21-12(14(9,2)15)17-7-6-10(18)16-13(17)20/h6-7,9,12H,3-5,8H2,1-2H3,(H,16,18,20). The highest BCUT2D eigenvalue weighted by molar-refractivity contribution is 5.69. The Morgan fingerprint density at radius 3 is 2.95 bits per heavy atom. The zero-order valence-electron chi connectivity index (χ0n) is 12.5. The number of unbranched alkanes of at least 4 members (excludes halogenated alkanes) is 1. The number of rotatable bonds is 5. The second kappa shape index (κ2) is 6.43. The number of halogens is 1. The molecule has 0 saturated carbocycles. The average Bonchev–Trinajstić information content (AvgIpc) is 2.72. The number of aromatic amines is 1. The van der Waals surface area contributed by atoms with Crippen LogP contribution in [0, 0.1) is 0 Å². The maximum Gasteiger partial charge on any atom is 0.330 e. The molecule has 122 valence electrons. The summed E-state index contributed by atoms with van der Waals surface area (Å²) in [6, 6.07) is 1.10. The Bertz CT molecular complexity index is 651. The third-order valence-corrected chi connectivity index (χ3v) is 3.63. The van der Waals surface area contributed by atoms with Crippen molar-refractivity contribution in [1.29, 1.82) is 0 Å². The van der Waals surface area contributed by atoms with Gasteiger partial charge in [-0.15, -0.1) is 0 Å². The molecular formula is C14H19FN2O5. The maximum absolute atomic E-state index is 14.9. The zero-order chi connectivity index (χ0) is 16.3. The van der Waals surface area contributed by atoms with Gasteiger partial charge in [-0.3, -0.25) is 19.1 Å². The molecule has 3 atom stereocenters. The molecule has 2 heterocycles. The lowest BCUT2D eigenvalue weighted by molar-refractivity contribution is -0.155. The van der Waals surface area contributed by atoms with Crippen LogP contribution in [-0.2, 0) is 14.3 Å². The number of carbonyl (C=O) groups excluding carboxylic acids is 1. The van der Waals surface area contributed by atoms with Crippen LogP contribution >= 0.6 is 0 Å². The van der Waals surface area contributed by atoms with Gasteiger partial charge in [-0.2, -0.15) is 0 Å². The first kappa shape index (κ1) is 16.4. The third-order valence-electron chi connectivity index (χ3n) is 3.63. The van der Waals surface area contributed by atoms with Gasteiger partial charge in [0.1, 0.15) is 0 Å². The monoisotopic (exact) mass is 314 g/mol. The average molecular weight is 314 g/mol. The summed E-state index contributed by atoms with van der Waals surface area (Å²) in [7, 11) is 0. The van der Waals surface area contributed by atoms with Crippen LogP contribution in [0.3, 0.4) is 0 Å². The second-order valence-electron chi connectivity index (χ2n) is 5.44. The van der Waals surface area contributed by atoms with Crippen molar-refractivity contribution in [3.05, 3.63) is 33.1 Å². The van der Waals surface area contributed by atoms with E-state index < -0.39 is 35.2 Å². The molecular weight excluding hydrogens is 295 g/mol. The quantitative estimate of drug-likeness (QED) is 0.815. The predicted octanol–water partition coefficient (Wildman–Crippen LogP) is 0.896. The molecule has 8 heteroatoms. The minimum Gasteiger partial charge on any atom is -0.456 e. The molecule has 0 spiro atoms. The minimum absolute atomic E-state index is 0.152. The fraction of sp³-hybridized carbons (Fsp3) is 0.643. The molecule has 1 aliphatic heterocycles. The molecule has 0 amide bonds. The molecule has 1 aromatic heterocycles. The summed E-state index contributed by atoms with van der Waals surface area (Å²) in [5.41, 5.74) is -3.44. The van der Waals surface area contributed by atoms with Gasteiger partial charge in [-0.05, 0) is 13.3 Å². The Morgan fingerprint density at radius 1 is 1.59 bits per heavy atom. The molecule has 1 fully saturated rings. The minimum atomic E-state index is -2.08. The maximum atomic E-state index is 14.9.